The van der Waals surface area contributed by atoms with Crippen LogP contribution in [0.3, 0.4) is 0 Å². The predicted octanol–water partition coefficient (Wildman–Crippen LogP) is 17.3. The second kappa shape index (κ2) is 16.6. The first kappa shape index (κ1) is 38.7. The summed E-state index contributed by atoms with van der Waals surface area (Å²) in [5.41, 5.74) is 17.9. The highest BCUT2D eigenvalue weighted by Crippen LogP contribution is 2.46. The highest BCUT2D eigenvalue weighted by molar-refractivity contribution is 6.08. The number of rotatable bonds is 10. The Morgan fingerprint density at radius 2 is 0.578 bits per heavy atom. The number of hydrogen-bond acceptors (Lipinski definition) is 2. The van der Waals surface area contributed by atoms with Gasteiger partial charge in [0.15, 0.2) is 0 Å². The van der Waals surface area contributed by atoms with Crippen molar-refractivity contribution in [3.05, 3.63) is 255 Å². The molecule has 0 fully saturated rings. The Morgan fingerprint density at radius 1 is 0.281 bits per heavy atom. The van der Waals surface area contributed by atoms with Crippen molar-refractivity contribution in [2.24, 2.45) is 0 Å². The van der Waals surface area contributed by atoms with Crippen molar-refractivity contribution < 1.29 is 4.42 Å². The average Bonchev–Trinajstić information content (AvgIpc) is 3.75. The van der Waals surface area contributed by atoms with Crippen molar-refractivity contribution in [1.29, 1.82) is 0 Å². The molecule has 0 amide bonds. The van der Waals surface area contributed by atoms with E-state index in [0.29, 0.717) is 4.48 Å². The molecule has 0 spiro atoms. The van der Waals surface area contributed by atoms with Gasteiger partial charge in [-0.1, -0.05) is 146 Å². The first-order valence-electron chi connectivity index (χ1n) is 21.9. The van der Waals surface area contributed by atoms with E-state index >= 15 is 0 Å². The van der Waals surface area contributed by atoms with Crippen molar-refractivity contribution in [1.82, 2.24) is 4.48 Å². The SMILES string of the molecule is C[N+](c1ccc(-c2ccccc2)cc1)(c1ccc(-c2ccccc2)cc1)c1ccc2oc3ccc(N(c4ccc(-c5ccccc5)cc4)c4ccc(-c5ccccc5)cc4)cc3c2c1. The van der Waals surface area contributed by atoms with E-state index in [1.807, 2.05) is 0 Å². The average molecular weight is 822 g/mol. The van der Waals surface area contributed by atoms with Crippen LogP contribution in [0.5, 0.6) is 0 Å². The van der Waals surface area contributed by atoms with Crippen LogP contribution in [0.2, 0.25) is 0 Å². The molecule has 1 heterocycles. The van der Waals surface area contributed by atoms with Gasteiger partial charge >= 0.3 is 0 Å². The molecule has 0 radical (unpaired) electrons. The molecule has 0 unspecified atom stereocenters. The zero-order valence-electron chi connectivity index (χ0n) is 35.6. The maximum absolute atomic E-state index is 6.61. The fourth-order valence-electron chi connectivity index (χ4n) is 9.10. The van der Waals surface area contributed by atoms with Crippen LogP contribution in [0.15, 0.2) is 259 Å². The van der Waals surface area contributed by atoms with Crippen molar-refractivity contribution >= 4 is 56.1 Å². The zero-order valence-corrected chi connectivity index (χ0v) is 35.6. The minimum absolute atomic E-state index is 0.458. The van der Waals surface area contributed by atoms with Crippen molar-refractivity contribution in [2.75, 3.05) is 11.9 Å². The molecule has 11 aromatic rings. The molecule has 10 aromatic carbocycles. The standard InChI is InChI=1S/C61H45N2O/c1-63(55-35-26-50(27-36-55)46-18-10-4-11-19-46,56-37-28-51(29-38-56)47-20-12-5-13-21-47)57-39-41-61-59(43-57)58-42-54(34-40-60(58)64-61)62(52-30-22-48(23-31-52)44-14-6-2-7-15-44)53-32-24-49(25-33-53)45-16-8-3-9-17-45/h2-43H,1H3/q+1. The van der Waals surface area contributed by atoms with E-state index in [1.54, 1.807) is 0 Å². The third-order valence-electron chi connectivity index (χ3n) is 12.7. The molecule has 0 saturated heterocycles. The summed E-state index contributed by atoms with van der Waals surface area (Å²) in [7, 11) is 2.30. The number of anilines is 3. The topological polar surface area (TPSA) is 16.4 Å². The van der Waals surface area contributed by atoms with E-state index in [-0.39, 0.29) is 0 Å². The summed E-state index contributed by atoms with van der Waals surface area (Å²) in [5.74, 6) is 0. The molecule has 1 aromatic heterocycles. The van der Waals surface area contributed by atoms with E-state index in [2.05, 4.69) is 267 Å². The molecule has 11 rings (SSSR count). The van der Waals surface area contributed by atoms with Gasteiger partial charge in [0, 0.05) is 64.2 Å². The lowest BCUT2D eigenvalue weighted by atomic mass is 10.0. The highest BCUT2D eigenvalue weighted by atomic mass is 16.3. The zero-order chi connectivity index (χ0) is 42.9. The van der Waals surface area contributed by atoms with Gasteiger partial charge in [-0.05, 0) is 117 Å². The minimum atomic E-state index is 0.458. The van der Waals surface area contributed by atoms with Gasteiger partial charge in [-0.3, -0.25) is 0 Å². The molecule has 304 valence electrons. The lowest BCUT2D eigenvalue weighted by Crippen LogP contribution is -2.33. The van der Waals surface area contributed by atoms with Crippen LogP contribution in [0.4, 0.5) is 34.1 Å². The molecule has 3 nitrogen and oxygen atoms in total. The van der Waals surface area contributed by atoms with E-state index < -0.39 is 0 Å². The number of hydrogen-bond donors (Lipinski definition) is 0. The summed E-state index contributed by atoms with van der Waals surface area (Å²) < 4.78 is 7.07. The fraction of sp³-hybridized carbons (Fsp3) is 0.0164. The first-order valence-corrected chi connectivity index (χ1v) is 21.9. The lowest BCUT2D eigenvalue weighted by molar-refractivity contribution is 0.627. The van der Waals surface area contributed by atoms with Crippen LogP contribution < -0.4 is 9.38 Å². The number of benzene rings is 10. The first-order chi connectivity index (χ1) is 31.6. The summed E-state index contributed by atoms with van der Waals surface area (Å²) in [6, 6.07) is 91.3. The van der Waals surface area contributed by atoms with E-state index in [4.69, 9.17) is 4.42 Å². The molecule has 0 saturated carbocycles. The molecular formula is C61H45N2O+. The van der Waals surface area contributed by atoms with Gasteiger partial charge in [0.25, 0.3) is 0 Å². The second-order valence-electron chi connectivity index (χ2n) is 16.5. The predicted molar refractivity (Wildman–Crippen MR) is 270 cm³/mol. The minimum Gasteiger partial charge on any atom is -0.456 e. The summed E-state index contributed by atoms with van der Waals surface area (Å²) in [6.07, 6.45) is 0. The molecule has 0 N–H and O–H groups in total. The number of quaternary nitrogens is 1. The fourth-order valence-corrected chi connectivity index (χ4v) is 9.10. The largest absolute Gasteiger partial charge is 0.456 e. The summed E-state index contributed by atoms with van der Waals surface area (Å²) >= 11 is 0. The maximum atomic E-state index is 6.61. The lowest BCUT2D eigenvalue weighted by Gasteiger charge is -2.33. The van der Waals surface area contributed by atoms with Gasteiger partial charge in [-0.2, -0.15) is 0 Å². The normalized spacial score (nSPS) is 11.5. The summed E-state index contributed by atoms with van der Waals surface area (Å²) in [6.45, 7) is 0. The van der Waals surface area contributed by atoms with Gasteiger partial charge in [0.05, 0.1) is 7.05 Å². The summed E-state index contributed by atoms with van der Waals surface area (Å²) in [4.78, 5) is 2.34. The van der Waals surface area contributed by atoms with Crippen LogP contribution in [0, 0.1) is 0 Å². The van der Waals surface area contributed by atoms with Crippen LogP contribution in [-0.2, 0) is 0 Å². The van der Waals surface area contributed by atoms with E-state index in [0.717, 1.165) is 56.1 Å². The smallest absolute Gasteiger partial charge is 0.143 e. The van der Waals surface area contributed by atoms with Gasteiger partial charge in [0.2, 0.25) is 0 Å². The quantitative estimate of drug-likeness (QED) is 0.128. The van der Waals surface area contributed by atoms with Gasteiger partial charge in [-0.25, -0.2) is 4.48 Å². The maximum Gasteiger partial charge on any atom is 0.143 e. The molecule has 0 aliphatic carbocycles. The Balaban J connectivity index is 1.04. The van der Waals surface area contributed by atoms with E-state index in [1.165, 1.54) is 44.5 Å². The Hall–Kier alpha value is -8.24. The third-order valence-corrected chi connectivity index (χ3v) is 12.7. The van der Waals surface area contributed by atoms with Crippen LogP contribution in [-0.4, -0.2) is 7.05 Å². The van der Waals surface area contributed by atoms with Gasteiger partial charge in [-0.15, -0.1) is 0 Å². The number of nitrogens with zero attached hydrogens (tertiary/aromatic N) is 2. The number of furan rings is 1. The molecule has 3 heteroatoms. The van der Waals surface area contributed by atoms with Gasteiger partial charge in [0.1, 0.15) is 28.2 Å². The Labute approximate surface area is 374 Å². The van der Waals surface area contributed by atoms with Crippen LogP contribution >= 0.6 is 0 Å². The monoisotopic (exact) mass is 821 g/mol. The van der Waals surface area contributed by atoms with Crippen LogP contribution in [0.1, 0.15) is 0 Å². The molecule has 0 atom stereocenters. The van der Waals surface area contributed by atoms with Crippen molar-refractivity contribution in [3.8, 4) is 44.5 Å². The summed E-state index contributed by atoms with van der Waals surface area (Å²) in [5, 5.41) is 2.13. The molecular weight excluding hydrogens is 777 g/mol. The third kappa shape index (κ3) is 7.24. The number of fused-ring (bicyclic) bond motifs is 3. The molecule has 0 aliphatic rings. The van der Waals surface area contributed by atoms with Crippen LogP contribution in [0.25, 0.3) is 66.4 Å². The highest BCUT2D eigenvalue weighted by Gasteiger charge is 2.32. The van der Waals surface area contributed by atoms with Crippen molar-refractivity contribution in [2.45, 2.75) is 0 Å². The Bertz CT molecular complexity index is 3160. The molecule has 0 aliphatic heterocycles. The molecule has 0 bridgehead atoms. The molecule has 64 heavy (non-hydrogen) atoms. The Kier molecular flexibility index (Phi) is 10.0. The van der Waals surface area contributed by atoms with Gasteiger partial charge < -0.3 is 9.32 Å². The van der Waals surface area contributed by atoms with E-state index in [9.17, 15) is 0 Å². The Morgan fingerprint density at radius 3 is 0.969 bits per heavy atom. The van der Waals surface area contributed by atoms with Crippen molar-refractivity contribution in [3.63, 3.8) is 0 Å². The second-order valence-corrected chi connectivity index (χ2v) is 16.5.